The Bertz CT molecular complexity index is 1260. The number of benzene rings is 2. The van der Waals surface area contributed by atoms with Gasteiger partial charge in [0, 0.05) is 16.3 Å². The van der Waals surface area contributed by atoms with Gasteiger partial charge in [-0.15, -0.1) is 0 Å². The number of hydrogen-bond donors (Lipinski definition) is 2. The number of phosphoric ester groups is 2. The zero-order valence-electron chi connectivity index (χ0n) is 27.4. The molecule has 0 unspecified atom stereocenters. The summed E-state index contributed by atoms with van der Waals surface area (Å²) < 4.78 is 33.3. The van der Waals surface area contributed by atoms with Crippen LogP contribution in [0.15, 0.2) is 35.9 Å². The van der Waals surface area contributed by atoms with Crippen LogP contribution in [0.4, 0.5) is 0 Å². The molecule has 0 fully saturated rings. The van der Waals surface area contributed by atoms with Crippen LogP contribution in [0.1, 0.15) is 104 Å². The van der Waals surface area contributed by atoms with E-state index < -0.39 is 15.6 Å². The van der Waals surface area contributed by atoms with Crippen LogP contribution in [0, 0.1) is 24.7 Å². The Hall–Kier alpha value is 0.340. The number of phosphoric acid groups is 2. The van der Waals surface area contributed by atoms with Crippen LogP contribution in [0.2, 0.25) is 0 Å². The molecule has 2 aromatic carbocycles. The van der Waals surface area contributed by atoms with Crippen molar-refractivity contribution < 1.29 is 96.9 Å². The molecule has 0 aromatic heterocycles. The molecule has 0 saturated carbocycles. The second kappa shape index (κ2) is 20.5. The van der Waals surface area contributed by atoms with E-state index in [1.54, 1.807) is 25.1 Å². The predicted molar refractivity (Wildman–Crippen MR) is 162 cm³/mol. The molecule has 0 saturated heterocycles. The topological polar surface area (TPSA) is 139 Å². The minimum atomic E-state index is -5.39. The Balaban J connectivity index is 0.00000882. The van der Waals surface area contributed by atoms with Crippen molar-refractivity contribution >= 4 is 26.4 Å². The Morgan fingerprint density at radius 1 is 0.837 bits per heavy atom. The molecule has 12 heteroatoms. The molecule has 0 spiro atoms. The number of fused-ring (bicyclic) bond motifs is 1. The third kappa shape index (κ3) is 16.6. The minimum Gasteiger partial charge on any atom is -0.780 e. The molecule has 0 aliphatic carbocycles. The molecule has 0 aliphatic heterocycles. The fourth-order valence-corrected chi connectivity index (χ4v) is 6.24. The smallest absolute Gasteiger partial charge is 0.780 e. The van der Waals surface area contributed by atoms with Gasteiger partial charge in [0.1, 0.15) is 19.3 Å². The van der Waals surface area contributed by atoms with Gasteiger partial charge in [-0.05, 0) is 56.4 Å². The van der Waals surface area contributed by atoms with Crippen LogP contribution in [0.3, 0.4) is 0 Å². The van der Waals surface area contributed by atoms with Crippen molar-refractivity contribution in [2.45, 2.75) is 106 Å². The molecule has 2 rings (SSSR count). The van der Waals surface area contributed by atoms with Gasteiger partial charge in [0.05, 0.1) is 0 Å². The Labute approximate surface area is 302 Å². The van der Waals surface area contributed by atoms with E-state index >= 15 is 0 Å². The molecule has 0 radical (unpaired) electrons. The molecule has 0 heterocycles. The van der Waals surface area contributed by atoms with Crippen LogP contribution >= 0.6 is 15.6 Å². The van der Waals surface area contributed by atoms with Crippen molar-refractivity contribution in [2.24, 2.45) is 17.8 Å². The van der Waals surface area contributed by atoms with Crippen LogP contribution in [0.5, 0.6) is 11.5 Å². The second-order valence-electron chi connectivity index (χ2n) is 12.0. The normalized spacial score (nSPS) is 13.8. The molecule has 0 bridgehead atoms. The third-order valence-electron chi connectivity index (χ3n) is 7.69. The van der Waals surface area contributed by atoms with E-state index in [1.807, 2.05) is 13.0 Å². The summed E-state index contributed by atoms with van der Waals surface area (Å²) in [6.45, 7) is 12.8. The van der Waals surface area contributed by atoms with Gasteiger partial charge in [-0.2, -0.15) is 0 Å². The van der Waals surface area contributed by atoms with Crippen molar-refractivity contribution in [3.63, 3.8) is 0 Å². The summed E-state index contributed by atoms with van der Waals surface area (Å²) >= 11 is 0. The summed E-state index contributed by atoms with van der Waals surface area (Å²) in [6, 6.07) is 6.29. The van der Waals surface area contributed by atoms with Gasteiger partial charge >= 0.3 is 66.9 Å². The molecule has 8 nitrogen and oxygen atoms in total. The van der Waals surface area contributed by atoms with E-state index in [-0.39, 0.29) is 93.4 Å². The van der Waals surface area contributed by atoms with Crippen molar-refractivity contribution in [1.29, 1.82) is 0 Å². The van der Waals surface area contributed by atoms with Crippen molar-refractivity contribution in [3.05, 3.63) is 47.0 Å². The molecule has 2 N–H and O–H groups in total. The molecule has 2 aromatic rings. The Morgan fingerprint density at radius 2 is 1.33 bits per heavy atom. The number of allylic oxidation sites excluding steroid dienone is 2. The van der Waals surface area contributed by atoms with Crippen LogP contribution in [-0.4, -0.2) is 9.79 Å². The molecular formula is C31H48Na2O8P2. The maximum absolute atomic E-state index is 11.8. The summed E-state index contributed by atoms with van der Waals surface area (Å²) in [5, 5.41) is 0.456. The average molecular weight is 657 g/mol. The van der Waals surface area contributed by atoms with E-state index in [0.29, 0.717) is 11.5 Å². The molecule has 2 atom stereocenters. The maximum Gasteiger partial charge on any atom is 1.00 e. The summed E-state index contributed by atoms with van der Waals surface area (Å²) in [5.41, 5.74) is 1.73. The van der Waals surface area contributed by atoms with E-state index in [1.165, 1.54) is 44.6 Å². The molecule has 232 valence electrons. The number of hydrogen-bond acceptors (Lipinski definition) is 6. The molecule has 0 amide bonds. The van der Waals surface area contributed by atoms with Crippen LogP contribution in [-0.2, 0) is 15.6 Å². The van der Waals surface area contributed by atoms with Crippen LogP contribution < -0.4 is 77.9 Å². The van der Waals surface area contributed by atoms with Gasteiger partial charge in [-0.1, -0.05) is 109 Å². The Morgan fingerprint density at radius 3 is 1.81 bits per heavy atom. The fraction of sp³-hybridized carbons (Fsp3) is 0.613. The quantitative estimate of drug-likeness (QED) is 0.141. The molecule has 43 heavy (non-hydrogen) atoms. The van der Waals surface area contributed by atoms with E-state index in [9.17, 15) is 28.7 Å². The summed E-state index contributed by atoms with van der Waals surface area (Å²) in [7, 11) is -10.3. The first-order chi connectivity index (χ1) is 19.1. The first-order valence-corrected chi connectivity index (χ1v) is 17.7. The van der Waals surface area contributed by atoms with E-state index in [0.717, 1.165) is 36.7 Å². The SMILES string of the molecule is C/C(=C\Cc1c(C)c(OP(=O)([O-])[O-])c2ccccc2c1OP(=O)(O)O)CCC[C@H](C)CCC[C@H](C)CCCC(C)C.[Na+].[Na+]. The van der Waals surface area contributed by atoms with Gasteiger partial charge in [0.2, 0.25) is 0 Å². The largest absolute Gasteiger partial charge is 1.00 e. The average Bonchev–Trinajstić information content (AvgIpc) is 2.84. The van der Waals surface area contributed by atoms with Gasteiger partial charge < -0.3 is 23.4 Å². The van der Waals surface area contributed by atoms with Crippen molar-refractivity contribution in [2.75, 3.05) is 0 Å². The van der Waals surface area contributed by atoms with Crippen molar-refractivity contribution in [1.82, 2.24) is 0 Å². The monoisotopic (exact) mass is 656 g/mol. The van der Waals surface area contributed by atoms with E-state index in [4.69, 9.17) is 9.05 Å². The van der Waals surface area contributed by atoms with Gasteiger partial charge in [0.15, 0.2) is 0 Å². The van der Waals surface area contributed by atoms with E-state index in [2.05, 4.69) is 27.7 Å². The molecule has 0 aliphatic rings. The summed E-state index contributed by atoms with van der Waals surface area (Å²) in [5.74, 6) is 1.99. The Kier molecular flexibility index (Phi) is 20.7. The minimum absolute atomic E-state index is 0. The fourth-order valence-electron chi connectivity index (χ4n) is 5.34. The van der Waals surface area contributed by atoms with Gasteiger partial charge in [0.25, 0.3) is 0 Å². The maximum atomic E-state index is 11.8. The summed E-state index contributed by atoms with van der Waals surface area (Å²) in [6.07, 6.45) is 12.9. The predicted octanol–water partition coefficient (Wildman–Crippen LogP) is 1.76. The second-order valence-corrected chi connectivity index (χ2v) is 14.3. The third-order valence-corrected chi connectivity index (χ3v) is 8.52. The zero-order chi connectivity index (χ0) is 30.8. The number of rotatable bonds is 18. The standard InChI is InChI=1S/C31H50O8P2.2Na/c1-22(2)12-9-13-23(3)14-10-15-24(4)16-11-17-25(5)20-21-27-26(6)30(38-40(32,33)34)28-18-7-8-19-29(28)31(27)39-41(35,36)37;;/h7-8,18-20,22-24H,9-17,21H2,1-6H3,(H2,32,33,34)(H2,35,36,37);;/q;2*+1/p-2/b25-20+;;/t23-,24-;;/m1../s1. The zero-order valence-corrected chi connectivity index (χ0v) is 33.2. The summed E-state index contributed by atoms with van der Waals surface area (Å²) in [4.78, 5) is 42.2. The van der Waals surface area contributed by atoms with Gasteiger partial charge in [-0.25, -0.2) is 4.57 Å². The van der Waals surface area contributed by atoms with Crippen LogP contribution in [0.25, 0.3) is 10.8 Å². The van der Waals surface area contributed by atoms with Gasteiger partial charge in [-0.3, -0.25) is 9.79 Å². The van der Waals surface area contributed by atoms with Crippen molar-refractivity contribution in [3.8, 4) is 11.5 Å². The first-order valence-electron chi connectivity index (χ1n) is 14.7. The first kappa shape index (κ1) is 43.3. The molecular weight excluding hydrogens is 608 g/mol.